The molecule has 0 aromatic carbocycles. The van der Waals surface area contributed by atoms with Gasteiger partial charge in [-0.15, -0.1) is 0 Å². The van der Waals surface area contributed by atoms with Crippen molar-refractivity contribution in [3.63, 3.8) is 0 Å². The first-order valence-corrected chi connectivity index (χ1v) is 9.43. The van der Waals surface area contributed by atoms with Crippen molar-refractivity contribution in [3.8, 4) is 0 Å². The first-order chi connectivity index (χ1) is 11.1. The molecule has 0 unspecified atom stereocenters. The second-order valence-corrected chi connectivity index (χ2v) is 7.18. The van der Waals surface area contributed by atoms with Gasteiger partial charge in [0.15, 0.2) is 0 Å². The van der Waals surface area contributed by atoms with E-state index in [-0.39, 0.29) is 11.8 Å². The molecule has 1 saturated carbocycles. The van der Waals surface area contributed by atoms with Gasteiger partial charge in [0.2, 0.25) is 5.91 Å². The quantitative estimate of drug-likeness (QED) is 0.669. The molecule has 1 heterocycles. The van der Waals surface area contributed by atoms with Crippen molar-refractivity contribution in [2.75, 3.05) is 39.4 Å². The summed E-state index contributed by atoms with van der Waals surface area (Å²) in [7, 11) is 0. The fourth-order valence-electron chi connectivity index (χ4n) is 3.81. The summed E-state index contributed by atoms with van der Waals surface area (Å²) in [6.07, 6.45) is 8.13. The third-order valence-corrected chi connectivity index (χ3v) is 5.23. The third-order valence-electron chi connectivity index (χ3n) is 5.23. The third kappa shape index (κ3) is 6.40. The normalized spacial score (nSPS) is 22.9. The van der Waals surface area contributed by atoms with E-state index in [2.05, 4.69) is 10.2 Å². The van der Waals surface area contributed by atoms with Gasteiger partial charge in [0.1, 0.15) is 0 Å². The SMILES string of the molecule is CCOCCCNC(=O)C1CCN(CC2(O)CCCCC2)CC1. The largest absolute Gasteiger partial charge is 0.389 e. The molecule has 0 spiro atoms. The Labute approximate surface area is 140 Å². The van der Waals surface area contributed by atoms with Crippen LogP contribution in [0.4, 0.5) is 0 Å². The lowest BCUT2D eigenvalue weighted by Crippen LogP contribution is -2.48. The van der Waals surface area contributed by atoms with Crippen LogP contribution >= 0.6 is 0 Å². The molecule has 2 N–H and O–H groups in total. The van der Waals surface area contributed by atoms with Gasteiger partial charge in [-0.05, 0) is 52.1 Å². The summed E-state index contributed by atoms with van der Waals surface area (Å²) in [6.45, 7) is 6.79. The Kier molecular flexibility index (Phi) is 7.80. The number of piperidine rings is 1. The maximum atomic E-state index is 12.2. The van der Waals surface area contributed by atoms with Crippen LogP contribution in [0.2, 0.25) is 0 Å². The summed E-state index contributed by atoms with van der Waals surface area (Å²) in [5.41, 5.74) is -0.480. The zero-order chi connectivity index (χ0) is 16.5. The maximum absolute atomic E-state index is 12.2. The van der Waals surface area contributed by atoms with Crippen LogP contribution in [0, 0.1) is 5.92 Å². The molecule has 1 saturated heterocycles. The van der Waals surface area contributed by atoms with Gasteiger partial charge in [0, 0.05) is 32.2 Å². The second kappa shape index (κ2) is 9.60. The molecule has 0 atom stereocenters. The van der Waals surface area contributed by atoms with Gasteiger partial charge >= 0.3 is 0 Å². The zero-order valence-electron chi connectivity index (χ0n) is 14.7. The number of hydrogen-bond acceptors (Lipinski definition) is 4. The molecule has 0 aromatic heterocycles. The highest BCUT2D eigenvalue weighted by Gasteiger charge is 2.33. The lowest BCUT2D eigenvalue weighted by Gasteiger charge is -2.39. The summed E-state index contributed by atoms with van der Waals surface area (Å²) in [5.74, 6) is 0.330. The number of amides is 1. The van der Waals surface area contributed by atoms with Crippen molar-refractivity contribution < 1.29 is 14.6 Å². The Morgan fingerprint density at radius 2 is 1.96 bits per heavy atom. The summed E-state index contributed by atoms with van der Waals surface area (Å²) < 4.78 is 5.27. The summed E-state index contributed by atoms with van der Waals surface area (Å²) >= 11 is 0. The van der Waals surface area contributed by atoms with Gasteiger partial charge in [-0.1, -0.05) is 19.3 Å². The molecular weight excluding hydrogens is 292 g/mol. The number of β-amino-alcohol motifs (C(OH)–C–C–N with tert-alkyl or cyclic N) is 1. The van der Waals surface area contributed by atoms with Crippen molar-refractivity contribution in [2.45, 2.75) is 63.9 Å². The van der Waals surface area contributed by atoms with Gasteiger partial charge in [0.05, 0.1) is 5.60 Å². The molecule has 2 aliphatic rings. The molecule has 134 valence electrons. The molecule has 5 heteroatoms. The first-order valence-electron chi connectivity index (χ1n) is 9.43. The van der Waals surface area contributed by atoms with Crippen LogP contribution in [-0.4, -0.2) is 60.9 Å². The van der Waals surface area contributed by atoms with E-state index < -0.39 is 5.60 Å². The van der Waals surface area contributed by atoms with Crippen molar-refractivity contribution in [1.82, 2.24) is 10.2 Å². The van der Waals surface area contributed by atoms with Gasteiger partial charge in [-0.25, -0.2) is 0 Å². The van der Waals surface area contributed by atoms with E-state index in [0.29, 0.717) is 13.2 Å². The van der Waals surface area contributed by atoms with Crippen LogP contribution in [0.5, 0.6) is 0 Å². The number of aliphatic hydroxyl groups is 1. The molecule has 5 nitrogen and oxygen atoms in total. The van der Waals surface area contributed by atoms with Gasteiger partial charge in [0.25, 0.3) is 0 Å². The minimum Gasteiger partial charge on any atom is -0.389 e. The maximum Gasteiger partial charge on any atom is 0.223 e. The average Bonchev–Trinajstić information content (AvgIpc) is 2.55. The molecule has 1 aliphatic heterocycles. The van der Waals surface area contributed by atoms with Gasteiger partial charge in [-0.2, -0.15) is 0 Å². The number of carbonyl (C=O) groups excluding carboxylic acids is 1. The predicted octanol–water partition coefficient (Wildman–Crippen LogP) is 1.94. The molecule has 1 amide bonds. The Hall–Kier alpha value is -0.650. The molecule has 2 rings (SSSR count). The molecule has 1 aliphatic carbocycles. The van der Waals surface area contributed by atoms with E-state index in [9.17, 15) is 9.90 Å². The number of likely N-dealkylation sites (tertiary alicyclic amines) is 1. The Balaban J connectivity index is 1.62. The Morgan fingerprint density at radius 1 is 1.26 bits per heavy atom. The standard InChI is InChI=1S/C18H34N2O3/c1-2-23-14-6-11-19-17(21)16-7-12-20(13-8-16)15-18(22)9-4-3-5-10-18/h16,22H,2-15H2,1H3,(H,19,21). The fourth-order valence-corrected chi connectivity index (χ4v) is 3.81. The first kappa shape index (κ1) is 18.7. The van der Waals surface area contributed by atoms with Gasteiger partial charge < -0.3 is 20.1 Å². The van der Waals surface area contributed by atoms with Crippen LogP contribution in [0.3, 0.4) is 0 Å². The van der Waals surface area contributed by atoms with E-state index in [1.807, 2.05) is 6.92 Å². The molecule has 0 radical (unpaired) electrons. The van der Waals surface area contributed by atoms with Crippen molar-refractivity contribution >= 4 is 5.91 Å². The minimum absolute atomic E-state index is 0.138. The predicted molar refractivity (Wildman–Crippen MR) is 91.3 cm³/mol. The van der Waals surface area contributed by atoms with Crippen molar-refractivity contribution in [3.05, 3.63) is 0 Å². The smallest absolute Gasteiger partial charge is 0.223 e. The minimum atomic E-state index is -0.480. The summed E-state index contributed by atoms with van der Waals surface area (Å²) in [5, 5.41) is 13.7. The fraction of sp³-hybridized carbons (Fsp3) is 0.944. The summed E-state index contributed by atoms with van der Waals surface area (Å²) in [4.78, 5) is 14.5. The molecule has 0 aromatic rings. The molecular formula is C18H34N2O3. The lowest BCUT2D eigenvalue weighted by atomic mass is 9.84. The monoisotopic (exact) mass is 326 g/mol. The van der Waals surface area contributed by atoms with E-state index in [0.717, 1.165) is 71.2 Å². The number of hydrogen-bond donors (Lipinski definition) is 2. The number of nitrogens with zero attached hydrogens (tertiary/aromatic N) is 1. The number of carbonyl (C=O) groups is 1. The molecule has 2 fully saturated rings. The van der Waals surface area contributed by atoms with Crippen LogP contribution in [0.15, 0.2) is 0 Å². The van der Waals surface area contributed by atoms with E-state index in [1.165, 1.54) is 6.42 Å². The Morgan fingerprint density at radius 3 is 2.61 bits per heavy atom. The van der Waals surface area contributed by atoms with Crippen LogP contribution in [0.1, 0.15) is 58.3 Å². The van der Waals surface area contributed by atoms with Gasteiger partial charge in [-0.3, -0.25) is 4.79 Å². The molecule has 0 bridgehead atoms. The van der Waals surface area contributed by atoms with Crippen LogP contribution in [0.25, 0.3) is 0 Å². The summed E-state index contributed by atoms with van der Waals surface area (Å²) in [6, 6.07) is 0. The zero-order valence-corrected chi connectivity index (χ0v) is 14.7. The van der Waals surface area contributed by atoms with Crippen molar-refractivity contribution in [2.24, 2.45) is 5.92 Å². The van der Waals surface area contributed by atoms with Crippen LogP contribution in [-0.2, 0) is 9.53 Å². The van der Waals surface area contributed by atoms with Crippen LogP contribution < -0.4 is 5.32 Å². The van der Waals surface area contributed by atoms with E-state index in [4.69, 9.17) is 4.74 Å². The highest BCUT2D eigenvalue weighted by atomic mass is 16.5. The Bertz CT molecular complexity index is 348. The number of ether oxygens (including phenoxy) is 1. The average molecular weight is 326 g/mol. The van der Waals surface area contributed by atoms with E-state index in [1.54, 1.807) is 0 Å². The highest BCUT2D eigenvalue weighted by Crippen LogP contribution is 2.30. The topological polar surface area (TPSA) is 61.8 Å². The molecule has 23 heavy (non-hydrogen) atoms. The van der Waals surface area contributed by atoms with E-state index >= 15 is 0 Å². The lowest BCUT2D eigenvalue weighted by molar-refractivity contribution is -0.126. The number of nitrogens with one attached hydrogen (secondary N) is 1. The highest BCUT2D eigenvalue weighted by molar-refractivity contribution is 5.78. The second-order valence-electron chi connectivity index (χ2n) is 7.18. The number of rotatable bonds is 8. The van der Waals surface area contributed by atoms with Crippen molar-refractivity contribution in [1.29, 1.82) is 0 Å².